The van der Waals surface area contributed by atoms with Gasteiger partial charge in [-0.05, 0) is 30.5 Å². The van der Waals surface area contributed by atoms with Crippen LogP contribution < -0.4 is 10.1 Å². The number of likely N-dealkylation sites (tertiary alicyclic amines) is 1. The standard InChI is InChI=1S/C15H20F2N2O2/c1-9-10(6-19-7-13-5-12(19)8-20-13)3-11(18-2)4-14(9)21-15(16)17/h3-4,12-13,15,18H,5-8H2,1-2H3. The highest BCUT2D eigenvalue weighted by Crippen LogP contribution is 2.33. The predicted octanol–water partition coefficient (Wildman–Crippen LogP) is 2.61. The van der Waals surface area contributed by atoms with E-state index in [0.29, 0.717) is 12.1 Å². The molecule has 1 aromatic rings. The molecule has 116 valence electrons. The summed E-state index contributed by atoms with van der Waals surface area (Å²) in [5.41, 5.74) is 2.58. The Bertz CT molecular complexity index is 525. The maximum Gasteiger partial charge on any atom is 0.387 e. The summed E-state index contributed by atoms with van der Waals surface area (Å²) in [5, 5.41) is 3.00. The molecule has 21 heavy (non-hydrogen) atoms. The minimum absolute atomic E-state index is 0.243. The Kier molecular flexibility index (Phi) is 3.99. The van der Waals surface area contributed by atoms with E-state index in [1.165, 1.54) is 0 Å². The molecule has 2 bridgehead atoms. The maximum atomic E-state index is 12.5. The molecule has 6 heteroatoms. The van der Waals surface area contributed by atoms with Gasteiger partial charge >= 0.3 is 6.61 Å². The number of halogens is 2. The van der Waals surface area contributed by atoms with Gasteiger partial charge in [0.1, 0.15) is 5.75 Å². The first-order valence-electron chi connectivity index (χ1n) is 7.18. The molecule has 1 aromatic carbocycles. The predicted molar refractivity (Wildman–Crippen MR) is 75.9 cm³/mol. The van der Waals surface area contributed by atoms with Crippen molar-refractivity contribution in [2.75, 3.05) is 25.5 Å². The molecule has 2 fully saturated rings. The smallest absolute Gasteiger partial charge is 0.387 e. The van der Waals surface area contributed by atoms with E-state index in [4.69, 9.17) is 4.74 Å². The molecule has 2 unspecified atom stereocenters. The Labute approximate surface area is 123 Å². The highest BCUT2D eigenvalue weighted by atomic mass is 19.3. The lowest BCUT2D eigenvalue weighted by Crippen LogP contribution is -2.36. The molecule has 2 aliphatic rings. The van der Waals surface area contributed by atoms with Crippen LogP contribution in [0.2, 0.25) is 0 Å². The SMILES string of the molecule is CNc1cc(CN2CC3CC2CO3)c(C)c(OC(F)F)c1. The number of fused-ring (bicyclic) bond motifs is 2. The molecule has 0 radical (unpaired) electrons. The Balaban J connectivity index is 1.83. The van der Waals surface area contributed by atoms with Gasteiger partial charge in [-0.15, -0.1) is 0 Å². The van der Waals surface area contributed by atoms with Gasteiger partial charge in [0.2, 0.25) is 0 Å². The van der Waals surface area contributed by atoms with Crippen molar-refractivity contribution in [2.45, 2.75) is 38.6 Å². The van der Waals surface area contributed by atoms with E-state index in [1.54, 1.807) is 13.1 Å². The summed E-state index contributed by atoms with van der Waals surface area (Å²) in [6, 6.07) is 4.07. The van der Waals surface area contributed by atoms with E-state index in [9.17, 15) is 8.78 Å². The van der Waals surface area contributed by atoms with E-state index in [1.807, 2.05) is 13.0 Å². The summed E-state index contributed by atoms with van der Waals surface area (Å²) in [4.78, 5) is 2.36. The number of anilines is 1. The first kappa shape index (κ1) is 14.5. The second-order valence-corrected chi connectivity index (χ2v) is 5.66. The van der Waals surface area contributed by atoms with Crippen LogP contribution in [0.4, 0.5) is 14.5 Å². The number of rotatable bonds is 5. The number of ether oxygens (including phenoxy) is 2. The number of nitrogens with zero attached hydrogens (tertiary/aromatic N) is 1. The van der Waals surface area contributed by atoms with E-state index in [-0.39, 0.29) is 5.75 Å². The summed E-state index contributed by atoms with van der Waals surface area (Å²) in [6.07, 6.45) is 1.41. The highest BCUT2D eigenvalue weighted by Gasteiger charge is 2.38. The van der Waals surface area contributed by atoms with Crippen LogP contribution >= 0.6 is 0 Å². The fraction of sp³-hybridized carbons (Fsp3) is 0.600. The number of nitrogens with one attached hydrogen (secondary N) is 1. The van der Waals surface area contributed by atoms with Gasteiger partial charge in [-0.1, -0.05) is 0 Å². The maximum absolute atomic E-state index is 12.5. The van der Waals surface area contributed by atoms with Gasteiger partial charge in [-0.2, -0.15) is 8.78 Å². The second-order valence-electron chi connectivity index (χ2n) is 5.66. The molecule has 0 aromatic heterocycles. The van der Waals surface area contributed by atoms with Crippen molar-refractivity contribution in [1.82, 2.24) is 4.90 Å². The third-order valence-corrected chi connectivity index (χ3v) is 4.36. The quantitative estimate of drug-likeness (QED) is 0.906. The van der Waals surface area contributed by atoms with Crippen LogP contribution in [0.1, 0.15) is 17.5 Å². The lowest BCUT2D eigenvalue weighted by molar-refractivity contribution is -0.0503. The lowest BCUT2D eigenvalue weighted by Gasteiger charge is -2.27. The van der Waals surface area contributed by atoms with Crippen LogP contribution in [0.15, 0.2) is 12.1 Å². The summed E-state index contributed by atoms with van der Waals surface area (Å²) >= 11 is 0. The number of benzene rings is 1. The molecule has 4 nitrogen and oxygen atoms in total. The minimum Gasteiger partial charge on any atom is -0.434 e. The van der Waals surface area contributed by atoms with Crippen LogP contribution in [0, 0.1) is 6.92 Å². The minimum atomic E-state index is -2.81. The number of morpholine rings is 1. The number of hydrogen-bond acceptors (Lipinski definition) is 4. The monoisotopic (exact) mass is 298 g/mol. The van der Waals surface area contributed by atoms with Crippen molar-refractivity contribution in [3.63, 3.8) is 0 Å². The van der Waals surface area contributed by atoms with E-state index >= 15 is 0 Å². The van der Waals surface area contributed by atoms with Crippen molar-refractivity contribution >= 4 is 5.69 Å². The fourth-order valence-corrected chi connectivity index (χ4v) is 3.16. The average molecular weight is 298 g/mol. The van der Waals surface area contributed by atoms with Crippen LogP contribution in [0.5, 0.6) is 5.75 Å². The third-order valence-electron chi connectivity index (χ3n) is 4.36. The van der Waals surface area contributed by atoms with Crippen molar-refractivity contribution in [2.24, 2.45) is 0 Å². The van der Waals surface area contributed by atoms with Gasteiger partial charge < -0.3 is 14.8 Å². The van der Waals surface area contributed by atoms with Gasteiger partial charge in [-0.25, -0.2) is 0 Å². The Morgan fingerprint density at radius 2 is 2.29 bits per heavy atom. The van der Waals surface area contributed by atoms with Crippen LogP contribution in [0.25, 0.3) is 0 Å². The first-order valence-corrected chi connectivity index (χ1v) is 7.18. The highest BCUT2D eigenvalue weighted by molar-refractivity contribution is 5.55. The zero-order chi connectivity index (χ0) is 15.0. The zero-order valence-corrected chi connectivity index (χ0v) is 12.2. The van der Waals surface area contributed by atoms with E-state index in [2.05, 4.69) is 15.0 Å². The van der Waals surface area contributed by atoms with Gasteiger partial charge in [0.15, 0.2) is 0 Å². The molecule has 3 rings (SSSR count). The first-order chi connectivity index (χ1) is 10.1. The summed E-state index contributed by atoms with van der Waals surface area (Å²) in [5.74, 6) is 0.243. The number of alkyl halides is 2. The Morgan fingerprint density at radius 1 is 1.48 bits per heavy atom. The van der Waals surface area contributed by atoms with Crippen LogP contribution in [-0.4, -0.2) is 43.9 Å². The summed E-state index contributed by atoms with van der Waals surface area (Å²) in [6.45, 7) is 1.46. The summed E-state index contributed by atoms with van der Waals surface area (Å²) < 4.78 is 35.3. The van der Waals surface area contributed by atoms with Crippen molar-refractivity contribution in [3.8, 4) is 5.75 Å². The average Bonchev–Trinajstić information content (AvgIpc) is 3.05. The zero-order valence-electron chi connectivity index (χ0n) is 12.2. The van der Waals surface area contributed by atoms with E-state index in [0.717, 1.165) is 42.9 Å². The molecule has 2 aliphatic heterocycles. The second kappa shape index (κ2) is 5.77. The molecule has 1 N–H and O–H groups in total. The summed E-state index contributed by atoms with van der Waals surface area (Å²) in [7, 11) is 1.77. The van der Waals surface area contributed by atoms with Gasteiger partial charge in [0, 0.05) is 37.9 Å². The molecule has 2 heterocycles. The molecule has 0 amide bonds. The number of hydrogen-bond donors (Lipinski definition) is 1. The fourth-order valence-electron chi connectivity index (χ4n) is 3.16. The molecular weight excluding hydrogens is 278 g/mol. The third kappa shape index (κ3) is 2.96. The topological polar surface area (TPSA) is 33.7 Å². The lowest BCUT2D eigenvalue weighted by atomic mass is 10.1. The van der Waals surface area contributed by atoms with Crippen molar-refractivity contribution in [1.29, 1.82) is 0 Å². The normalized spacial score (nSPS) is 24.8. The largest absolute Gasteiger partial charge is 0.434 e. The van der Waals surface area contributed by atoms with Crippen LogP contribution in [0.3, 0.4) is 0 Å². The van der Waals surface area contributed by atoms with E-state index < -0.39 is 6.61 Å². The van der Waals surface area contributed by atoms with Crippen molar-refractivity contribution in [3.05, 3.63) is 23.3 Å². The Hall–Kier alpha value is -1.40. The van der Waals surface area contributed by atoms with Crippen molar-refractivity contribution < 1.29 is 18.3 Å². The molecule has 0 aliphatic carbocycles. The molecule has 2 saturated heterocycles. The van der Waals surface area contributed by atoms with Crippen LogP contribution in [-0.2, 0) is 11.3 Å². The van der Waals surface area contributed by atoms with Gasteiger partial charge in [0.25, 0.3) is 0 Å². The molecule has 2 atom stereocenters. The van der Waals surface area contributed by atoms with Gasteiger partial charge in [0.05, 0.1) is 12.7 Å². The molecule has 0 spiro atoms. The Morgan fingerprint density at radius 3 is 2.86 bits per heavy atom. The molecule has 0 saturated carbocycles. The molecular formula is C15H20F2N2O2. The van der Waals surface area contributed by atoms with Gasteiger partial charge in [-0.3, -0.25) is 4.90 Å².